The van der Waals surface area contributed by atoms with Gasteiger partial charge in [0.05, 0.1) is 0 Å². The highest BCUT2D eigenvalue weighted by molar-refractivity contribution is 5.93. The Bertz CT molecular complexity index is 441. The first kappa shape index (κ1) is 13.3. The van der Waals surface area contributed by atoms with Crippen molar-refractivity contribution in [1.82, 2.24) is 0 Å². The molecule has 0 heterocycles. The Kier molecular flexibility index (Phi) is 3.65. The summed E-state index contributed by atoms with van der Waals surface area (Å²) in [5, 5.41) is 2.24. The molecule has 94 valence electrons. The summed E-state index contributed by atoms with van der Waals surface area (Å²) in [5.74, 6) is -1.09. The van der Waals surface area contributed by atoms with Crippen molar-refractivity contribution < 1.29 is 18.0 Å². The summed E-state index contributed by atoms with van der Waals surface area (Å²) in [5.41, 5.74) is 7.64. The maximum atomic E-state index is 12.0. The molecule has 0 aromatic heterocycles. The van der Waals surface area contributed by atoms with Crippen molar-refractivity contribution in [3.8, 4) is 0 Å². The zero-order chi connectivity index (χ0) is 13.2. The molecule has 0 saturated carbocycles. The van der Waals surface area contributed by atoms with E-state index < -0.39 is 18.5 Å². The molecule has 0 bridgehead atoms. The molecule has 1 aromatic rings. The van der Waals surface area contributed by atoms with E-state index in [0.717, 1.165) is 0 Å². The minimum absolute atomic E-state index is 0.347. The van der Waals surface area contributed by atoms with E-state index in [1.807, 2.05) is 0 Å². The standard InChI is InChI=1S/C11H13F3N2O/c1-6-3-4-8(15)7(2)10(6)16-9(17)5-11(12,13)14/h3-4H,5,15H2,1-2H3,(H,16,17). The molecular formula is C11H13F3N2O. The molecule has 0 saturated heterocycles. The Morgan fingerprint density at radius 1 is 1.35 bits per heavy atom. The van der Waals surface area contributed by atoms with Crippen LogP contribution in [0.5, 0.6) is 0 Å². The molecule has 0 radical (unpaired) electrons. The summed E-state index contributed by atoms with van der Waals surface area (Å²) in [6.45, 7) is 3.33. The normalized spacial score (nSPS) is 11.4. The van der Waals surface area contributed by atoms with Crippen LogP contribution in [0.2, 0.25) is 0 Å². The Morgan fingerprint density at radius 3 is 2.47 bits per heavy atom. The van der Waals surface area contributed by atoms with Gasteiger partial charge in [0, 0.05) is 11.4 Å². The number of carbonyl (C=O) groups excluding carboxylic acids is 1. The molecule has 17 heavy (non-hydrogen) atoms. The maximum absolute atomic E-state index is 12.0. The number of nitrogen functional groups attached to an aromatic ring is 1. The van der Waals surface area contributed by atoms with Gasteiger partial charge in [-0.25, -0.2) is 0 Å². The topological polar surface area (TPSA) is 55.1 Å². The zero-order valence-corrected chi connectivity index (χ0v) is 9.48. The zero-order valence-electron chi connectivity index (χ0n) is 9.48. The monoisotopic (exact) mass is 246 g/mol. The number of anilines is 2. The molecule has 0 aliphatic rings. The van der Waals surface area contributed by atoms with E-state index >= 15 is 0 Å². The van der Waals surface area contributed by atoms with Crippen LogP contribution in [-0.2, 0) is 4.79 Å². The van der Waals surface area contributed by atoms with Gasteiger partial charge in [0.25, 0.3) is 0 Å². The molecule has 0 aliphatic carbocycles. The smallest absolute Gasteiger partial charge is 0.397 e. The largest absolute Gasteiger partial charge is 0.398 e. The van der Waals surface area contributed by atoms with Gasteiger partial charge in [-0.05, 0) is 31.0 Å². The second kappa shape index (κ2) is 4.65. The van der Waals surface area contributed by atoms with E-state index in [9.17, 15) is 18.0 Å². The number of hydrogen-bond acceptors (Lipinski definition) is 2. The first-order chi connectivity index (χ1) is 7.70. The van der Waals surface area contributed by atoms with Crippen molar-refractivity contribution in [2.45, 2.75) is 26.4 Å². The predicted molar refractivity (Wildman–Crippen MR) is 59.6 cm³/mol. The molecule has 1 rings (SSSR count). The molecule has 1 aromatic carbocycles. The summed E-state index contributed by atoms with van der Waals surface area (Å²) in [7, 11) is 0. The number of nitrogens with one attached hydrogen (secondary N) is 1. The van der Waals surface area contributed by atoms with E-state index in [0.29, 0.717) is 22.5 Å². The Morgan fingerprint density at radius 2 is 1.94 bits per heavy atom. The number of rotatable bonds is 2. The van der Waals surface area contributed by atoms with E-state index in [4.69, 9.17) is 5.73 Å². The van der Waals surface area contributed by atoms with Gasteiger partial charge in [-0.1, -0.05) is 6.07 Å². The molecule has 6 heteroatoms. The highest BCUT2D eigenvalue weighted by Gasteiger charge is 2.31. The van der Waals surface area contributed by atoms with E-state index in [2.05, 4.69) is 5.32 Å². The van der Waals surface area contributed by atoms with Crippen LogP contribution in [0.1, 0.15) is 17.5 Å². The second-order valence-corrected chi connectivity index (χ2v) is 3.81. The third kappa shape index (κ3) is 3.65. The van der Waals surface area contributed by atoms with Crippen LogP contribution < -0.4 is 11.1 Å². The van der Waals surface area contributed by atoms with Gasteiger partial charge in [-0.2, -0.15) is 13.2 Å². The molecule has 0 fully saturated rings. The third-order valence-corrected chi connectivity index (χ3v) is 2.34. The number of carbonyl (C=O) groups is 1. The van der Waals surface area contributed by atoms with Crippen LogP contribution in [0, 0.1) is 13.8 Å². The minimum atomic E-state index is -4.51. The number of nitrogens with two attached hydrogens (primary N) is 1. The van der Waals surface area contributed by atoms with Crippen molar-refractivity contribution >= 4 is 17.3 Å². The second-order valence-electron chi connectivity index (χ2n) is 3.81. The maximum Gasteiger partial charge on any atom is 0.397 e. The lowest BCUT2D eigenvalue weighted by Gasteiger charge is -2.14. The van der Waals surface area contributed by atoms with Crippen LogP contribution in [-0.4, -0.2) is 12.1 Å². The third-order valence-electron chi connectivity index (χ3n) is 2.34. The first-order valence-electron chi connectivity index (χ1n) is 4.93. The highest BCUT2D eigenvalue weighted by atomic mass is 19.4. The van der Waals surface area contributed by atoms with Gasteiger partial charge in [0.2, 0.25) is 5.91 Å². The fraction of sp³-hybridized carbons (Fsp3) is 0.364. The van der Waals surface area contributed by atoms with Crippen LogP contribution >= 0.6 is 0 Å². The first-order valence-corrected chi connectivity index (χ1v) is 4.93. The fourth-order valence-electron chi connectivity index (χ4n) is 1.42. The van der Waals surface area contributed by atoms with Gasteiger partial charge in [-0.15, -0.1) is 0 Å². The Hall–Kier alpha value is -1.72. The molecule has 0 spiro atoms. The number of halogens is 3. The number of hydrogen-bond donors (Lipinski definition) is 2. The lowest BCUT2D eigenvalue weighted by molar-refractivity contribution is -0.150. The highest BCUT2D eigenvalue weighted by Crippen LogP contribution is 2.26. The van der Waals surface area contributed by atoms with Crippen LogP contribution in [0.3, 0.4) is 0 Å². The van der Waals surface area contributed by atoms with Crippen molar-refractivity contribution in [2.75, 3.05) is 11.1 Å². The summed E-state index contributed by atoms with van der Waals surface area (Å²) in [6, 6.07) is 3.29. The Labute approximate surface area is 96.8 Å². The van der Waals surface area contributed by atoms with Crippen LogP contribution in [0.25, 0.3) is 0 Å². The van der Waals surface area contributed by atoms with Crippen LogP contribution in [0.15, 0.2) is 12.1 Å². The number of benzene rings is 1. The molecule has 0 unspecified atom stereocenters. The number of amides is 1. The molecule has 1 amide bonds. The number of alkyl halides is 3. The lowest BCUT2D eigenvalue weighted by Crippen LogP contribution is -2.22. The Balaban J connectivity index is 2.89. The molecule has 0 aliphatic heterocycles. The van der Waals surface area contributed by atoms with Gasteiger partial charge in [0.15, 0.2) is 0 Å². The summed E-state index contributed by atoms with van der Waals surface area (Å²) in [6.07, 6.45) is -6.01. The SMILES string of the molecule is Cc1ccc(N)c(C)c1NC(=O)CC(F)(F)F. The van der Waals surface area contributed by atoms with E-state index in [-0.39, 0.29) is 0 Å². The van der Waals surface area contributed by atoms with Crippen molar-refractivity contribution in [3.63, 3.8) is 0 Å². The lowest BCUT2D eigenvalue weighted by atomic mass is 10.1. The van der Waals surface area contributed by atoms with Gasteiger partial charge in [-0.3, -0.25) is 4.79 Å². The molecule has 0 atom stereocenters. The summed E-state index contributed by atoms with van der Waals surface area (Å²) in [4.78, 5) is 11.2. The average molecular weight is 246 g/mol. The minimum Gasteiger partial charge on any atom is -0.398 e. The molecule has 3 N–H and O–H groups in total. The van der Waals surface area contributed by atoms with Gasteiger partial charge >= 0.3 is 6.18 Å². The molecule has 3 nitrogen and oxygen atoms in total. The van der Waals surface area contributed by atoms with Gasteiger partial charge in [0.1, 0.15) is 6.42 Å². The fourth-order valence-corrected chi connectivity index (χ4v) is 1.42. The summed E-state index contributed by atoms with van der Waals surface area (Å²) < 4.78 is 36.0. The van der Waals surface area contributed by atoms with Crippen molar-refractivity contribution in [3.05, 3.63) is 23.3 Å². The van der Waals surface area contributed by atoms with Gasteiger partial charge < -0.3 is 11.1 Å². The molecular weight excluding hydrogens is 233 g/mol. The van der Waals surface area contributed by atoms with Crippen molar-refractivity contribution in [2.24, 2.45) is 0 Å². The summed E-state index contributed by atoms with van der Waals surface area (Å²) >= 11 is 0. The van der Waals surface area contributed by atoms with Crippen LogP contribution in [0.4, 0.5) is 24.5 Å². The van der Waals surface area contributed by atoms with Crippen molar-refractivity contribution in [1.29, 1.82) is 0 Å². The van der Waals surface area contributed by atoms with E-state index in [1.54, 1.807) is 26.0 Å². The predicted octanol–water partition coefficient (Wildman–Crippen LogP) is 2.78. The van der Waals surface area contributed by atoms with E-state index in [1.165, 1.54) is 0 Å². The quantitative estimate of drug-likeness (QED) is 0.788. The average Bonchev–Trinajstić information content (AvgIpc) is 2.16. The number of aryl methyl sites for hydroxylation is 1.